The lowest BCUT2D eigenvalue weighted by Gasteiger charge is -2.34. The van der Waals surface area contributed by atoms with Crippen LogP contribution in [0.4, 0.5) is 0 Å². The molecule has 1 unspecified atom stereocenters. The van der Waals surface area contributed by atoms with E-state index in [1.54, 1.807) is 0 Å². The lowest BCUT2D eigenvalue weighted by Crippen LogP contribution is -2.26. The Labute approximate surface area is 222 Å². The van der Waals surface area contributed by atoms with Gasteiger partial charge in [-0.2, -0.15) is 0 Å². The quantitative estimate of drug-likeness (QED) is 0.0983. The predicted molar refractivity (Wildman–Crippen MR) is 149 cm³/mol. The third-order valence-corrected chi connectivity index (χ3v) is 7.95. The minimum Gasteiger partial charge on any atom is -0.356 e. The van der Waals surface area contributed by atoms with Crippen molar-refractivity contribution in [1.29, 1.82) is 0 Å². The van der Waals surface area contributed by atoms with Gasteiger partial charge in [0.25, 0.3) is 0 Å². The van der Waals surface area contributed by atoms with Gasteiger partial charge in [-0.15, -0.1) is 0 Å². The van der Waals surface area contributed by atoms with Gasteiger partial charge < -0.3 is 4.74 Å². The largest absolute Gasteiger partial charge is 0.356 e. The van der Waals surface area contributed by atoms with Gasteiger partial charge in [-0.3, -0.25) is 4.98 Å². The van der Waals surface area contributed by atoms with Crippen LogP contribution in [0.2, 0.25) is 0 Å². The third-order valence-electron chi connectivity index (χ3n) is 7.95. The number of aromatic nitrogens is 1. The Morgan fingerprint density at radius 3 is 2.27 bits per heavy atom. The lowest BCUT2D eigenvalue weighted by atomic mass is 9.69. The van der Waals surface area contributed by atoms with Crippen LogP contribution in [0.25, 0.3) is 11.1 Å². The molecule has 1 aromatic heterocycles. The van der Waals surface area contributed by atoms with Gasteiger partial charge in [-0.25, -0.2) is 9.78 Å². The maximum absolute atomic E-state index is 5.57. The highest BCUT2D eigenvalue weighted by Crippen LogP contribution is 2.41. The molecule has 1 fully saturated rings. The number of hydrogen-bond donors (Lipinski definition) is 0. The SMILES string of the molecule is CCC1(C#Cc2ccc(C(CC)(CC)c3ccc(-c4cncc(CCOOC)c4)c(C)c3)cc2C)CO1. The Bertz CT molecular complexity index is 1290. The van der Waals surface area contributed by atoms with E-state index in [-0.39, 0.29) is 11.0 Å². The van der Waals surface area contributed by atoms with Crippen molar-refractivity contribution in [3.05, 3.63) is 88.2 Å². The summed E-state index contributed by atoms with van der Waals surface area (Å²) < 4.78 is 5.57. The van der Waals surface area contributed by atoms with Gasteiger partial charge >= 0.3 is 0 Å². The highest BCUT2D eigenvalue weighted by Gasteiger charge is 2.41. The minimum atomic E-state index is -0.215. The minimum absolute atomic E-state index is 0.0537. The van der Waals surface area contributed by atoms with Crippen LogP contribution in [0.15, 0.2) is 54.9 Å². The van der Waals surface area contributed by atoms with Gasteiger partial charge in [0.1, 0.15) is 0 Å². The molecule has 1 atom stereocenters. The molecule has 0 saturated carbocycles. The molecule has 4 nitrogen and oxygen atoms in total. The van der Waals surface area contributed by atoms with Crippen LogP contribution in [0, 0.1) is 25.7 Å². The van der Waals surface area contributed by atoms with Crippen LogP contribution >= 0.6 is 0 Å². The molecular weight excluding hydrogens is 458 g/mol. The van der Waals surface area contributed by atoms with Crippen molar-refractivity contribution in [2.75, 3.05) is 20.3 Å². The number of pyridine rings is 1. The number of aryl methyl sites for hydroxylation is 2. The van der Waals surface area contributed by atoms with E-state index in [1.165, 1.54) is 34.9 Å². The summed E-state index contributed by atoms with van der Waals surface area (Å²) in [6.45, 7) is 12.3. The Morgan fingerprint density at radius 1 is 0.973 bits per heavy atom. The molecule has 0 amide bonds. The summed E-state index contributed by atoms with van der Waals surface area (Å²) in [4.78, 5) is 14.2. The first kappa shape index (κ1) is 27.1. The van der Waals surface area contributed by atoms with Crippen molar-refractivity contribution in [3.63, 3.8) is 0 Å². The lowest BCUT2D eigenvalue weighted by molar-refractivity contribution is -0.271. The highest BCUT2D eigenvalue weighted by atomic mass is 17.2. The van der Waals surface area contributed by atoms with E-state index in [9.17, 15) is 0 Å². The van der Waals surface area contributed by atoms with Gasteiger partial charge in [0.15, 0.2) is 5.60 Å². The molecule has 37 heavy (non-hydrogen) atoms. The van der Waals surface area contributed by atoms with Gasteiger partial charge in [-0.1, -0.05) is 62.9 Å². The van der Waals surface area contributed by atoms with Gasteiger partial charge in [0.2, 0.25) is 0 Å². The molecule has 0 bridgehead atoms. The number of ether oxygens (including phenoxy) is 1. The molecule has 0 radical (unpaired) electrons. The molecule has 1 saturated heterocycles. The fourth-order valence-corrected chi connectivity index (χ4v) is 5.27. The Kier molecular flexibility index (Phi) is 8.49. The van der Waals surface area contributed by atoms with E-state index >= 15 is 0 Å². The molecule has 4 heteroatoms. The van der Waals surface area contributed by atoms with Crippen molar-refractivity contribution >= 4 is 0 Å². The van der Waals surface area contributed by atoms with E-state index < -0.39 is 0 Å². The zero-order chi connectivity index (χ0) is 26.5. The predicted octanol–water partition coefficient (Wildman–Crippen LogP) is 7.12. The Hall–Kier alpha value is -2.97. The standard InChI is InChI=1S/C33H39NO3/c1-7-32(23-36-32)16-14-27-10-11-29(18-24(27)4)33(8-2,9-3)30-12-13-31(25(5)19-30)28-20-26(21-34-22-28)15-17-37-35-6/h10-13,18-22H,7-9,15,17,23H2,1-6H3. The van der Waals surface area contributed by atoms with Crippen LogP contribution in [0.1, 0.15) is 73.4 Å². The first-order chi connectivity index (χ1) is 17.9. The molecule has 194 valence electrons. The van der Waals surface area contributed by atoms with Crippen molar-refractivity contribution in [2.24, 2.45) is 0 Å². The molecule has 0 N–H and O–H groups in total. The number of hydrogen-bond acceptors (Lipinski definition) is 4. The van der Waals surface area contributed by atoms with E-state index in [0.717, 1.165) is 49.0 Å². The molecule has 4 rings (SSSR count). The van der Waals surface area contributed by atoms with E-state index in [4.69, 9.17) is 14.5 Å². The first-order valence-electron chi connectivity index (χ1n) is 13.4. The average Bonchev–Trinajstić information content (AvgIpc) is 3.70. The zero-order valence-corrected chi connectivity index (χ0v) is 23.1. The monoisotopic (exact) mass is 497 g/mol. The number of rotatable bonds is 10. The molecule has 2 aromatic carbocycles. The molecule has 2 heterocycles. The number of nitrogens with zero attached hydrogens (tertiary/aromatic N) is 1. The molecule has 3 aromatic rings. The molecule has 0 spiro atoms. The molecule has 1 aliphatic rings. The number of epoxide rings is 1. The van der Waals surface area contributed by atoms with E-state index in [2.05, 4.69) is 93.9 Å². The van der Waals surface area contributed by atoms with E-state index in [0.29, 0.717) is 6.61 Å². The van der Waals surface area contributed by atoms with Crippen molar-refractivity contribution in [2.45, 2.75) is 71.3 Å². The fourth-order valence-electron chi connectivity index (χ4n) is 5.27. The van der Waals surface area contributed by atoms with Crippen LogP contribution < -0.4 is 0 Å². The summed E-state index contributed by atoms with van der Waals surface area (Å²) in [5.41, 5.74) is 9.46. The second-order valence-electron chi connectivity index (χ2n) is 10.1. The average molecular weight is 498 g/mol. The van der Waals surface area contributed by atoms with Gasteiger partial charge in [0, 0.05) is 35.4 Å². The zero-order valence-electron chi connectivity index (χ0n) is 23.1. The van der Waals surface area contributed by atoms with Gasteiger partial charge in [-0.05, 0) is 78.6 Å². The molecule has 0 aliphatic carbocycles. The summed E-state index contributed by atoms with van der Waals surface area (Å²) in [6.07, 6.45) is 7.57. The Balaban J connectivity index is 1.64. The van der Waals surface area contributed by atoms with Crippen LogP contribution in [0.5, 0.6) is 0 Å². The second kappa shape index (κ2) is 11.6. The van der Waals surface area contributed by atoms with Crippen molar-refractivity contribution < 1.29 is 14.5 Å². The van der Waals surface area contributed by atoms with Crippen LogP contribution in [-0.2, 0) is 26.3 Å². The topological polar surface area (TPSA) is 43.9 Å². The second-order valence-corrected chi connectivity index (χ2v) is 10.1. The maximum atomic E-state index is 5.57. The smallest absolute Gasteiger partial charge is 0.152 e. The fraction of sp³-hybridized carbons (Fsp3) is 0.424. The van der Waals surface area contributed by atoms with Crippen LogP contribution in [-0.4, -0.2) is 30.9 Å². The summed E-state index contributed by atoms with van der Waals surface area (Å²) in [7, 11) is 1.53. The summed E-state index contributed by atoms with van der Waals surface area (Å²) in [5.74, 6) is 6.73. The number of benzene rings is 2. The third kappa shape index (κ3) is 5.80. The van der Waals surface area contributed by atoms with E-state index in [1.807, 2.05) is 12.4 Å². The summed E-state index contributed by atoms with van der Waals surface area (Å²) in [5, 5.41) is 0. The van der Waals surface area contributed by atoms with Gasteiger partial charge in [0.05, 0.1) is 20.3 Å². The Morgan fingerprint density at radius 2 is 1.68 bits per heavy atom. The maximum Gasteiger partial charge on any atom is 0.152 e. The molecular formula is C33H39NO3. The van der Waals surface area contributed by atoms with Crippen LogP contribution in [0.3, 0.4) is 0 Å². The summed E-state index contributed by atoms with van der Waals surface area (Å²) in [6, 6.07) is 15.9. The van der Waals surface area contributed by atoms with Crippen molar-refractivity contribution in [3.8, 4) is 23.0 Å². The molecule has 1 aliphatic heterocycles. The summed E-state index contributed by atoms with van der Waals surface area (Å²) >= 11 is 0. The first-order valence-corrected chi connectivity index (χ1v) is 13.4. The van der Waals surface area contributed by atoms with Crippen molar-refractivity contribution in [1.82, 2.24) is 4.98 Å². The normalized spacial score (nSPS) is 16.8. The highest BCUT2D eigenvalue weighted by molar-refractivity contribution is 5.68.